The normalized spacial score (nSPS) is 14.3. The zero-order chi connectivity index (χ0) is 16.8. The van der Waals surface area contributed by atoms with Gasteiger partial charge in [0.2, 0.25) is 0 Å². The molecule has 0 spiro atoms. The first-order chi connectivity index (χ1) is 10.2. The van der Waals surface area contributed by atoms with Crippen LogP contribution in [0.1, 0.15) is 45.7 Å². The van der Waals surface area contributed by atoms with Gasteiger partial charge in [-0.2, -0.15) is 0 Å². The second-order valence-electron chi connectivity index (χ2n) is 6.41. The van der Waals surface area contributed by atoms with Gasteiger partial charge in [-0.1, -0.05) is 19.1 Å². The number of carbonyl (C=O) groups excluding carboxylic acids is 1. The Balaban J connectivity index is 2.64. The van der Waals surface area contributed by atoms with Crippen LogP contribution in [0.25, 0.3) is 0 Å². The van der Waals surface area contributed by atoms with Crippen LogP contribution in [0, 0.1) is 5.92 Å². The molecule has 124 valence electrons. The molecule has 2 atom stereocenters. The fourth-order valence-corrected chi connectivity index (χ4v) is 1.89. The predicted molar refractivity (Wildman–Crippen MR) is 87.5 cm³/mol. The van der Waals surface area contributed by atoms with Gasteiger partial charge in [-0.3, -0.25) is 4.79 Å². The molecule has 2 unspecified atom stereocenters. The Morgan fingerprint density at radius 3 is 2.32 bits per heavy atom. The minimum Gasteiger partial charge on any atom is -0.494 e. The quantitative estimate of drug-likeness (QED) is 0.596. The van der Waals surface area contributed by atoms with Crippen LogP contribution in [0.4, 0.5) is 0 Å². The van der Waals surface area contributed by atoms with E-state index in [4.69, 9.17) is 20.9 Å². The van der Waals surface area contributed by atoms with E-state index in [1.54, 1.807) is 6.92 Å². The summed E-state index contributed by atoms with van der Waals surface area (Å²) in [6.45, 7) is 8.51. The molecule has 4 N–H and O–H groups in total. The first kappa shape index (κ1) is 18.5. The van der Waals surface area contributed by atoms with Gasteiger partial charge in [-0.15, -0.1) is 0 Å². The maximum atomic E-state index is 12.1. The fourth-order valence-electron chi connectivity index (χ4n) is 1.89. The molecule has 0 heterocycles. The lowest BCUT2D eigenvalue weighted by atomic mass is 9.95. The molecule has 1 aromatic carbocycles. The molecule has 0 saturated heterocycles. The van der Waals surface area contributed by atoms with E-state index in [-0.39, 0.29) is 5.97 Å². The summed E-state index contributed by atoms with van der Waals surface area (Å²) in [5, 5.41) is 0. The van der Waals surface area contributed by atoms with Gasteiger partial charge in [0.1, 0.15) is 11.4 Å². The number of rotatable bonds is 7. The zero-order valence-corrected chi connectivity index (χ0v) is 14.0. The van der Waals surface area contributed by atoms with Crippen molar-refractivity contribution in [2.75, 3.05) is 13.2 Å². The third kappa shape index (κ3) is 6.03. The molecule has 0 aliphatic carbocycles. The summed E-state index contributed by atoms with van der Waals surface area (Å²) in [5.74, 6) is 0.0702. The van der Waals surface area contributed by atoms with E-state index in [1.807, 2.05) is 45.0 Å². The van der Waals surface area contributed by atoms with Crippen LogP contribution in [0.15, 0.2) is 24.3 Å². The van der Waals surface area contributed by atoms with Crippen LogP contribution >= 0.6 is 0 Å². The molecule has 0 radical (unpaired) electrons. The third-order valence-corrected chi connectivity index (χ3v) is 3.20. The van der Waals surface area contributed by atoms with Crippen molar-refractivity contribution in [1.82, 2.24) is 0 Å². The Morgan fingerprint density at radius 1 is 1.23 bits per heavy atom. The lowest BCUT2D eigenvalue weighted by Crippen LogP contribution is -2.33. The van der Waals surface area contributed by atoms with Crippen LogP contribution in [0.5, 0.6) is 5.75 Å². The van der Waals surface area contributed by atoms with Gasteiger partial charge in [0.15, 0.2) is 0 Å². The number of esters is 1. The van der Waals surface area contributed by atoms with Crippen molar-refractivity contribution >= 4 is 5.97 Å². The van der Waals surface area contributed by atoms with Crippen LogP contribution in [-0.4, -0.2) is 24.7 Å². The van der Waals surface area contributed by atoms with E-state index < -0.39 is 17.6 Å². The van der Waals surface area contributed by atoms with Gasteiger partial charge in [0.25, 0.3) is 0 Å². The number of hydrogen-bond donors (Lipinski definition) is 2. The van der Waals surface area contributed by atoms with Crippen molar-refractivity contribution in [3.8, 4) is 5.75 Å². The molecule has 5 heteroatoms. The molecule has 0 bridgehead atoms. The Labute approximate surface area is 133 Å². The van der Waals surface area contributed by atoms with E-state index >= 15 is 0 Å². The summed E-state index contributed by atoms with van der Waals surface area (Å²) >= 11 is 0. The predicted octanol–water partition coefficient (Wildman–Crippen LogP) is 2.39. The number of carbonyl (C=O) groups is 1. The Kier molecular flexibility index (Phi) is 6.84. The zero-order valence-electron chi connectivity index (χ0n) is 14.0. The molecule has 22 heavy (non-hydrogen) atoms. The molecule has 0 saturated carbocycles. The van der Waals surface area contributed by atoms with Crippen LogP contribution in [0.3, 0.4) is 0 Å². The topological polar surface area (TPSA) is 87.6 Å². The SMILES string of the molecule is CC(C(=O)OC(C)(C)C)C(N)c1ccc(OCCCN)cc1. The van der Waals surface area contributed by atoms with E-state index in [1.165, 1.54) is 0 Å². The van der Waals surface area contributed by atoms with Gasteiger partial charge < -0.3 is 20.9 Å². The van der Waals surface area contributed by atoms with Crippen LogP contribution < -0.4 is 16.2 Å². The van der Waals surface area contributed by atoms with Gasteiger partial charge in [0.05, 0.1) is 12.5 Å². The molecule has 1 rings (SSSR count). The van der Waals surface area contributed by atoms with Crippen molar-refractivity contribution < 1.29 is 14.3 Å². The van der Waals surface area contributed by atoms with E-state index in [9.17, 15) is 4.79 Å². The van der Waals surface area contributed by atoms with Crippen LogP contribution in [0.2, 0.25) is 0 Å². The molecule has 0 amide bonds. The molecule has 1 aromatic rings. The lowest BCUT2D eigenvalue weighted by molar-refractivity contribution is -0.160. The van der Waals surface area contributed by atoms with Crippen molar-refractivity contribution in [3.05, 3.63) is 29.8 Å². The van der Waals surface area contributed by atoms with Gasteiger partial charge in [0, 0.05) is 6.04 Å². The first-order valence-electron chi connectivity index (χ1n) is 7.66. The van der Waals surface area contributed by atoms with E-state index in [2.05, 4.69) is 0 Å². The van der Waals surface area contributed by atoms with Crippen LogP contribution in [-0.2, 0) is 9.53 Å². The highest BCUT2D eigenvalue weighted by atomic mass is 16.6. The standard InChI is InChI=1S/C17H28N2O3/c1-12(16(20)22-17(2,3)4)15(19)13-6-8-14(9-7-13)21-11-5-10-18/h6-9,12,15H,5,10-11,18-19H2,1-4H3. The smallest absolute Gasteiger partial charge is 0.311 e. The third-order valence-electron chi connectivity index (χ3n) is 3.20. The molecule has 0 aliphatic rings. The molecule has 0 aromatic heterocycles. The minimum atomic E-state index is -0.508. The number of benzene rings is 1. The maximum Gasteiger partial charge on any atom is 0.311 e. The number of nitrogens with two attached hydrogens (primary N) is 2. The summed E-state index contributed by atoms with van der Waals surface area (Å²) in [4.78, 5) is 12.1. The monoisotopic (exact) mass is 308 g/mol. The molecule has 5 nitrogen and oxygen atoms in total. The van der Waals surface area contributed by atoms with Crippen molar-refractivity contribution in [1.29, 1.82) is 0 Å². The Morgan fingerprint density at radius 2 is 1.82 bits per heavy atom. The molecule has 0 aliphatic heterocycles. The summed E-state index contributed by atoms with van der Waals surface area (Å²) in [7, 11) is 0. The Hall–Kier alpha value is -1.59. The lowest BCUT2D eigenvalue weighted by Gasteiger charge is -2.25. The highest BCUT2D eigenvalue weighted by molar-refractivity contribution is 5.73. The average Bonchev–Trinajstić information content (AvgIpc) is 2.45. The summed E-state index contributed by atoms with van der Waals surface area (Å²) in [6.07, 6.45) is 0.816. The van der Waals surface area contributed by atoms with Gasteiger partial charge in [-0.05, 0) is 51.4 Å². The minimum absolute atomic E-state index is 0.289. The Bertz CT molecular complexity index is 466. The van der Waals surface area contributed by atoms with Crippen molar-refractivity contribution in [2.24, 2.45) is 17.4 Å². The fraction of sp³-hybridized carbons (Fsp3) is 0.588. The second kappa shape index (κ2) is 8.15. The van der Waals surface area contributed by atoms with Crippen molar-refractivity contribution in [3.63, 3.8) is 0 Å². The maximum absolute atomic E-state index is 12.1. The molecular weight excluding hydrogens is 280 g/mol. The van der Waals surface area contributed by atoms with E-state index in [0.29, 0.717) is 13.2 Å². The number of hydrogen-bond acceptors (Lipinski definition) is 5. The second-order valence-corrected chi connectivity index (χ2v) is 6.41. The first-order valence-corrected chi connectivity index (χ1v) is 7.66. The molecule has 0 fully saturated rings. The number of ether oxygens (including phenoxy) is 2. The van der Waals surface area contributed by atoms with Crippen molar-refractivity contribution in [2.45, 2.75) is 45.8 Å². The largest absolute Gasteiger partial charge is 0.494 e. The van der Waals surface area contributed by atoms with Gasteiger partial charge >= 0.3 is 5.97 Å². The van der Waals surface area contributed by atoms with Gasteiger partial charge in [-0.25, -0.2) is 0 Å². The highest BCUT2D eigenvalue weighted by Gasteiger charge is 2.27. The van der Waals surface area contributed by atoms with E-state index in [0.717, 1.165) is 17.7 Å². The highest BCUT2D eigenvalue weighted by Crippen LogP contribution is 2.24. The average molecular weight is 308 g/mol. The molecular formula is C17H28N2O3. The summed E-state index contributed by atoms with van der Waals surface area (Å²) < 4.78 is 10.9. The summed E-state index contributed by atoms with van der Waals surface area (Å²) in [6, 6.07) is 7.06. The summed E-state index contributed by atoms with van der Waals surface area (Å²) in [5.41, 5.74) is 12.0.